The standard InChI is InChI=1S/C33H42O8/c1-5-6-7-20(18-10-8-15(2)9-11-18)21-13-12-19-16(3)24-27(30(38)26(19)28(21)36)32(40)33(41)22(29(24)37)14-23(35)25(17(4)34)31(33)39/h12-13,15-16,18,20,22,24,29,36-39,41H,5-11,14H2,1-4H3/t15?,16-,18?,20?,22+,24+,29+,33+/m1/s1. The summed E-state index contributed by atoms with van der Waals surface area (Å²) in [5.41, 5.74) is -2.33. The maximum Gasteiger partial charge on any atom is 0.202 e. The van der Waals surface area contributed by atoms with E-state index in [-0.39, 0.29) is 22.8 Å². The third-order valence-electron chi connectivity index (χ3n) is 10.5. The van der Waals surface area contributed by atoms with Crippen LogP contribution in [0.15, 0.2) is 29.0 Å². The van der Waals surface area contributed by atoms with E-state index < -0.39 is 70.3 Å². The summed E-state index contributed by atoms with van der Waals surface area (Å²) in [6.07, 6.45) is 5.25. The van der Waals surface area contributed by atoms with Gasteiger partial charge < -0.3 is 25.5 Å². The molecule has 4 aliphatic carbocycles. The van der Waals surface area contributed by atoms with E-state index in [1.54, 1.807) is 6.92 Å². The highest BCUT2D eigenvalue weighted by atomic mass is 16.4. The SMILES string of the molecule is CCCCC(c1ccc2c(c1O)C(O)=C1C(=O)[C@@]3(O)C(O)=C(C(C)=O)C(=O)C[C@H]3[C@H](O)[C@H]1[C@@H]2C)C1CCC(C)CC1. The average molecular weight is 567 g/mol. The lowest BCUT2D eigenvalue weighted by Gasteiger charge is -2.50. The normalized spacial score (nSPS) is 34.2. The molecule has 41 heavy (non-hydrogen) atoms. The highest BCUT2D eigenvalue weighted by molar-refractivity contribution is 6.23. The van der Waals surface area contributed by atoms with E-state index in [0.717, 1.165) is 57.4 Å². The number of hydrogen-bond donors (Lipinski definition) is 5. The van der Waals surface area contributed by atoms with Crippen molar-refractivity contribution in [2.45, 2.75) is 103 Å². The highest BCUT2D eigenvalue weighted by Gasteiger charge is 2.64. The van der Waals surface area contributed by atoms with E-state index in [0.29, 0.717) is 17.4 Å². The van der Waals surface area contributed by atoms with Gasteiger partial charge in [0.2, 0.25) is 5.78 Å². The number of carbonyl (C=O) groups excluding carboxylic acids is 3. The zero-order valence-corrected chi connectivity index (χ0v) is 24.3. The first-order valence-corrected chi connectivity index (χ1v) is 15.1. The summed E-state index contributed by atoms with van der Waals surface area (Å²) in [5, 5.41) is 57.3. The van der Waals surface area contributed by atoms with Crippen molar-refractivity contribution in [2.75, 3.05) is 0 Å². The number of Topliss-reactive ketones (excluding diaryl/α,β-unsaturated/α-hetero) is 3. The van der Waals surface area contributed by atoms with Gasteiger partial charge >= 0.3 is 0 Å². The summed E-state index contributed by atoms with van der Waals surface area (Å²) in [6, 6.07) is 3.76. The first-order chi connectivity index (χ1) is 19.4. The summed E-state index contributed by atoms with van der Waals surface area (Å²) in [5.74, 6) is -6.15. The molecule has 5 rings (SSSR count). The van der Waals surface area contributed by atoms with Gasteiger partial charge in [-0.3, -0.25) is 14.4 Å². The van der Waals surface area contributed by atoms with Crippen LogP contribution < -0.4 is 0 Å². The number of hydrogen-bond acceptors (Lipinski definition) is 8. The number of aliphatic hydroxyl groups is 4. The van der Waals surface area contributed by atoms with E-state index in [4.69, 9.17) is 0 Å². The summed E-state index contributed by atoms with van der Waals surface area (Å²) < 4.78 is 0. The van der Waals surface area contributed by atoms with Crippen molar-refractivity contribution in [1.29, 1.82) is 0 Å². The maximum atomic E-state index is 14.0. The van der Waals surface area contributed by atoms with E-state index in [2.05, 4.69) is 13.8 Å². The summed E-state index contributed by atoms with van der Waals surface area (Å²) >= 11 is 0. The molecule has 0 heterocycles. The molecule has 6 atom stereocenters. The first-order valence-electron chi connectivity index (χ1n) is 15.1. The number of benzene rings is 1. The van der Waals surface area contributed by atoms with Crippen LogP contribution in [0, 0.1) is 23.7 Å². The number of allylic oxidation sites excluding steroid dienone is 1. The lowest BCUT2D eigenvalue weighted by Crippen LogP contribution is -2.63. The summed E-state index contributed by atoms with van der Waals surface area (Å²) in [4.78, 5) is 38.8. The Balaban J connectivity index is 1.66. The molecule has 2 fully saturated rings. The number of aromatic hydroxyl groups is 1. The highest BCUT2D eigenvalue weighted by Crippen LogP contribution is 2.57. The van der Waals surface area contributed by atoms with E-state index in [1.807, 2.05) is 12.1 Å². The molecular formula is C33H42O8. The Hall–Kier alpha value is -2.97. The van der Waals surface area contributed by atoms with Crippen LogP contribution in [0.3, 0.4) is 0 Å². The first kappa shape index (κ1) is 29.5. The topological polar surface area (TPSA) is 152 Å². The van der Waals surface area contributed by atoms with Gasteiger partial charge in [-0.25, -0.2) is 0 Å². The number of aliphatic hydroxyl groups excluding tert-OH is 3. The van der Waals surface area contributed by atoms with Gasteiger partial charge in [-0.15, -0.1) is 0 Å². The minimum Gasteiger partial charge on any atom is -0.508 e. The number of ketones is 3. The van der Waals surface area contributed by atoms with Crippen LogP contribution in [0.25, 0.3) is 5.76 Å². The predicted molar refractivity (Wildman–Crippen MR) is 152 cm³/mol. The van der Waals surface area contributed by atoms with Crippen LogP contribution in [0.1, 0.15) is 108 Å². The van der Waals surface area contributed by atoms with Crippen LogP contribution in [0.2, 0.25) is 0 Å². The van der Waals surface area contributed by atoms with Gasteiger partial charge in [0, 0.05) is 23.8 Å². The van der Waals surface area contributed by atoms with Crippen LogP contribution in [0.5, 0.6) is 5.75 Å². The van der Waals surface area contributed by atoms with Crippen molar-refractivity contribution in [3.63, 3.8) is 0 Å². The number of fused-ring (bicyclic) bond motifs is 3. The molecule has 2 saturated carbocycles. The largest absolute Gasteiger partial charge is 0.508 e. The zero-order chi connectivity index (χ0) is 30.0. The average Bonchev–Trinajstić information content (AvgIpc) is 2.92. The van der Waals surface area contributed by atoms with E-state index >= 15 is 0 Å². The van der Waals surface area contributed by atoms with Crippen molar-refractivity contribution in [1.82, 2.24) is 0 Å². The molecule has 1 aromatic rings. The maximum absolute atomic E-state index is 14.0. The number of phenols is 1. The van der Waals surface area contributed by atoms with Gasteiger partial charge in [0.15, 0.2) is 17.2 Å². The van der Waals surface area contributed by atoms with Crippen molar-refractivity contribution in [3.8, 4) is 5.75 Å². The molecule has 0 aromatic heterocycles. The number of carbonyl (C=O) groups is 3. The fourth-order valence-electron chi connectivity index (χ4n) is 8.18. The molecule has 5 N–H and O–H groups in total. The predicted octanol–water partition coefficient (Wildman–Crippen LogP) is 5.16. The summed E-state index contributed by atoms with van der Waals surface area (Å²) in [6.45, 7) is 7.21. The van der Waals surface area contributed by atoms with Crippen LogP contribution in [-0.2, 0) is 14.4 Å². The van der Waals surface area contributed by atoms with Crippen molar-refractivity contribution in [2.24, 2.45) is 23.7 Å². The third-order valence-corrected chi connectivity index (χ3v) is 10.5. The van der Waals surface area contributed by atoms with Gasteiger partial charge in [-0.05, 0) is 61.0 Å². The molecule has 0 radical (unpaired) electrons. The molecule has 222 valence electrons. The number of rotatable bonds is 6. The van der Waals surface area contributed by atoms with Gasteiger partial charge in [-0.1, -0.05) is 58.6 Å². The van der Waals surface area contributed by atoms with Crippen LogP contribution in [0.4, 0.5) is 0 Å². The van der Waals surface area contributed by atoms with Gasteiger partial charge in [0.1, 0.15) is 22.8 Å². The Morgan fingerprint density at radius 1 is 1.07 bits per heavy atom. The molecule has 4 aliphatic rings. The second kappa shape index (κ2) is 10.7. The molecule has 0 saturated heterocycles. The molecule has 8 nitrogen and oxygen atoms in total. The molecular weight excluding hydrogens is 524 g/mol. The molecule has 0 spiro atoms. The Bertz CT molecular complexity index is 1350. The van der Waals surface area contributed by atoms with Crippen LogP contribution >= 0.6 is 0 Å². The van der Waals surface area contributed by atoms with E-state index in [9.17, 15) is 39.9 Å². The van der Waals surface area contributed by atoms with Gasteiger partial charge in [0.25, 0.3) is 0 Å². The lowest BCUT2D eigenvalue weighted by molar-refractivity contribution is -0.160. The Morgan fingerprint density at radius 3 is 2.34 bits per heavy atom. The molecule has 0 amide bonds. The molecule has 1 unspecified atom stereocenters. The minimum absolute atomic E-state index is 0.0780. The second-order valence-electron chi connectivity index (χ2n) is 12.9. The zero-order valence-electron chi connectivity index (χ0n) is 24.3. The third kappa shape index (κ3) is 4.36. The quantitative estimate of drug-likeness (QED) is 0.296. The van der Waals surface area contributed by atoms with E-state index in [1.165, 1.54) is 0 Å². The van der Waals surface area contributed by atoms with Crippen LogP contribution in [-0.4, -0.2) is 54.6 Å². The van der Waals surface area contributed by atoms with Gasteiger partial charge in [-0.2, -0.15) is 0 Å². The molecule has 0 bridgehead atoms. The summed E-state index contributed by atoms with van der Waals surface area (Å²) in [7, 11) is 0. The Morgan fingerprint density at radius 2 is 1.73 bits per heavy atom. The Kier molecular flexibility index (Phi) is 7.70. The molecule has 0 aliphatic heterocycles. The molecule has 1 aromatic carbocycles. The monoisotopic (exact) mass is 566 g/mol. The number of phenolic OH excluding ortho intramolecular Hbond substituents is 1. The smallest absolute Gasteiger partial charge is 0.202 e. The number of unbranched alkanes of at least 4 members (excludes halogenated alkanes) is 1. The minimum atomic E-state index is -2.75. The fraction of sp³-hybridized carbons (Fsp3) is 0.606. The second-order valence-corrected chi connectivity index (χ2v) is 12.9. The van der Waals surface area contributed by atoms with Crippen molar-refractivity contribution in [3.05, 3.63) is 45.7 Å². The fourth-order valence-corrected chi connectivity index (χ4v) is 8.18. The lowest BCUT2D eigenvalue weighted by atomic mass is 9.55. The van der Waals surface area contributed by atoms with Crippen molar-refractivity contribution >= 4 is 23.1 Å². The molecule has 8 heteroatoms. The van der Waals surface area contributed by atoms with Gasteiger partial charge in [0.05, 0.1) is 11.7 Å². The Labute approximate surface area is 240 Å². The van der Waals surface area contributed by atoms with Crippen molar-refractivity contribution < 1.29 is 39.9 Å².